The van der Waals surface area contributed by atoms with Gasteiger partial charge in [0.25, 0.3) is 0 Å². The van der Waals surface area contributed by atoms with Crippen LogP contribution in [0.2, 0.25) is 0 Å². The Hall–Kier alpha value is -1.32. The molecule has 0 bridgehead atoms. The molecule has 0 amide bonds. The number of hydrogen-bond donors (Lipinski definition) is 1. The molecular weight excluding hydrogens is 412 g/mol. The Kier molecular flexibility index (Phi) is 24.3. The molecule has 1 unspecified atom stereocenters. The average Bonchev–Trinajstić information content (AvgIpc) is 2.79. The molecule has 0 aliphatic heterocycles. The summed E-state index contributed by atoms with van der Waals surface area (Å²) in [7, 11) is 0. The summed E-state index contributed by atoms with van der Waals surface area (Å²) >= 11 is 0. The van der Waals surface area contributed by atoms with E-state index >= 15 is 0 Å². The normalized spacial score (nSPS) is 12.3. The van der Waals surface area contributed by atoms with Gasteiger partial charge >= 0.3 is 11.9 Å². The van der Waals surface area contributed by atoms with Crippen molar-refractivity contribution < 1.29 is 19.4 Å². The summed E-state index contributed by atoms with van der Waals surface area (Å²) in [5.41, 5.74) is 0. The van der Waals surface area contributed by atoms with Crippen LogP contribution in [0.3, 0.4) is 0 Å². The van der Waals surface area contributed by atoms with Crippen LogP contribution >= 0.6 is 0 Å². The highest BCUT2D eigenvalue weighted by atomic mass is 16.5. The number of hydrogen-bond acceptors (Lipinski definition) is 3. The van der Waals surface area contributed by atoms with E-state index < -0.39 is 17.9 Å². The molecule has 0 aromatic rings. The zero-order valence-corrected chi connectivity index (χ0v) is 22.0. The highest BCUT2D eigenvalue weighted by Gasteiger charge is 2.20. The number of unbranched alkanes of at least 4 members (excludes halogenated alkanes) is 18. The van der Waals surface area contributed by atoms with Crippen LogP contribution in [-0.2, 0) is 14.3 Å². The van der Waals surface area contributed by atoms with Gasteiger partial charge in [-0.15, -0.1) is 0 Å². The van der Waals surface area contributed by atoms with Gasteiger partial charge in [0.05, 0.1) is 18.9 Å². The van der Waals surface area contributed by atoms with E-state index in [0.717, 1.165) is 25.7 Å². The van der Waals surface area contributed by atoms with E-state index in [9.17, 15) is 9.59 Å². The molecule has 0 aromatic carbocycles. The van der Waals surface area contributed by atoms with Gasteiger partial charge < -0.3 is 9.84 Å². The summed E-state index contributed by atoms with van der Waals surface area (Å²) in [6, 6.07) is 0. The molecular formula is C29H54O4. The number of aliphatic carboxylic acids is 1. The monoisotopic (exact) mass is 466 g/mol. The van der Waals surface area contributed by atoms with Gasteiger partial charge in [-0.25, -0.2) is 0 Å². The first-order chi connectivity index (χ1) is 16.1. The minimum absolute atomic E-state index is 0.189. The molecule has 0 saturated heterocycles. The summed E-state index contributed by atoms with van der Waals surface area (Å²) < 4.78 is 5.38. The Morgan fingerprint density at radius 2 is 1.09 bits per heavy atom. The van der Waals surface area contributed by atoms with E-state index in [-0.39, 0.29) is 6.42 Å². The number of carbonyl (C=O) groups is 2. The molecule has 4 nitrogen and oxygen atoms in total. The van der Waals surface area contributed by atoms with E-state index in [4.69, 9.17) is 9.84 Å². The van der Waals surface area contributed by atoms with Crippen molar-refractivity contribution in [2.24, 2.45) is 5.92 Å². The van der Waals surface area contributed by atoms with Crippen molar-refractivity contribution in [3.8, 4) is 0 Å². The van der Waals surface area contributed by atoms with E-state index in [1.807, 2.05) is 6.08 Å². The molecule has 0 saturated carbocycles. The lowest BCUT2D eigenvalue weighted by molar-refractivity contribution is -0.151. The second-order valence-corrected chi connectivity index (χ2v) is 9.60. The summed E-state index contributed by atoms with van der Waals surface area (Å²) in [6.07, 6.45) is 28.3. The largest absolute Gasteiger partial charge is 0.481 e. The summed E-state index contributed by atoms with van der Waals surface area (Å²) in [5, 5.41) is 9.13. The number of ether oxygens (including phenoxy) is 1. The number of rotatable bonds is 25. The van der Waals surface area contributed by atoms with Gasteiger partial charge in [-0.05, 0) is 19.3 Å². The Morgan fingerprint density at radius 3 is 1.55 bits per heavy atom. The lowest BCUT2D eigenvalue weighted by Crippen LogP contribution is -2.19. The maximum Gasteiger partial charge on any atom is 0.313 e. The second-order valence-electron chi connectivity index (χ2n) is 9.60. The molecule has 0 heterocycles. The summed E-state index contributed by atoms with van der Waals surface area (Å²) in [5.74, 6) is -2.01. The molecule has 1 atom stereocenters. The highest BCUT2D eigenvalue weighted by molar-refractivity contribution is 5.80. The van der Waals surface area contributed by atoms with Gasteiger partial charge in [-0.2, -0.15) is 0 Å². The van der Waals surface area contributed by atoms with Gasteiger partial charge in [0.1, 0.15) is 0 Å². The molecule has 4 heteroatoms. The third kappa shape index (κ3) is 23.6. The third-order valence-electron chi connectivity index (χ3n) is 6.28. The predicted octanol–water partition coefficient (Wildman–Crippen LogP) is 9.02. The van der Waals surface area contributed by atoms with Crippen LogP contribution in [0.15, 0.2) is 12.2 Å². The number of carboxylic acids is 1. The van der Waals surface area contributed by atoms with Gasteiger partial charge in [0, 0.05) is 0 Å². The quantitative estimate of drug-likeness (QED) is 0.0828. The Bertz CT molecular complexity index is 472. The van der Waals surface area contributed by atoms with Crippen molar-refractivity contribution >= 4 is 11.9 Å². The lowest BCUT2D eigenvalue weighted by Gasteiger charge is -2.11. The van der Waals surface area contributed by atoms with Crippen LogP contribution in [0, 0.1) is 5.92 Å². The first-order valence-electron chi connectivity index (χ1n) is 14.2. The zero-order chi connectivity index (χ0) is 24.4. The average molecular weight is 467 g/mol. The smallest absolute Gasteiger partial charge is 0.313 e. The predicted molar refractivity (Wildman–Crippen MR) is 140 cm³/mol. The molecule has 0 aliphatic rings. The maximum absolute atomic E-state index is 12.3. The van der Waals surface area contributed by atoms with E-state index in [1.54, 1.807) is 6.08 Å². The van der Waals surface area contributed by atoms with Crippen LogP contribution in [0.5, 0.6) is 0 Å². The molecule has 194 valence electrons. The van der Waals surface area contributed by atoms with Gasteiger partial charge in [-0.1, -0.05) is 135 Å². The lowest BCUT2D eigenvalue weighted by atomic mass is 10.0. The van der Waals surface area contributed by atoms with Crippen molar-refractivity contribution in [3.05, 3.63) is 12.2 Å². The zero-order valence-electron chi connectivity index (χ0n) is 22.0. The van der Waals surface area contributed by atoms with Crippen LogP contribution in [-0.4, -0.2) is 23.7 Å². The topological polar surface area (TPSA) is 63.6 Å². The highest BCUT2D eigenvalue weighted by Crippen LogP contribution is 2.14. The third-order valence-corrected chi connectivity index (χ3v) is 6.28. The molecule has 0 fully saturated rings. The van der Waals surface area contributed by atoms with Crippen LogP contribution in [0.1, 0.15) is 149 Å². The van der Waals surface area contributed by atoms with Crippen molar-refractivity contribution in [1.29, 1.82) is 0 Å². The molecule has 1 N–H and O–H groups in total. The summed E-state index contributed by atoms with van der Waals surface area (Å²) in [6.45, 7) is 4.88. The SMILES string of the molecule is CCCCCCCCCC/C=C/C(CC(=O)O)C(=O)OCCCCCCCCCCCCC. The van der Waals surface area contributed by atoms with E-state index in [0.29, 0.717) is 6.61 Å². The van der Waals surface area contributed by atoms with Gasteiger partial charge in [0.2, 0.25) is 0 Å². The van der Waals surface area contributed by atoms with Crippen molar-refractivity contribution in [2.75, 3.05) is 6.61 Å². The number of carbonyl (C=O) groups excluding carboxylic acids is 1. The van der Waals surface area contributed by atoms with Crippen LogP contribution < -0.4 is 0 Å². The van der Waals surface area contributed by atoms with Gasteiger partial charge in [0.15, 0.2) is 0 Å². The molecule has 33 heavy (non-hydrogen) atoms. The Labute approximate surface area is 204 Å². The van der Waals surface area contributed by atoms with Gasteiger partial charge in [-0.3, -0.25) is 9.59 Å². The molecule has 0 aromatic heterocycles. The molecule has 0 rings (SSSR count). The maximum atomic E-state index is 12.3. The summed E-state index contributed by atoms with van der Waals surface area (Å²) in [4.78, 5) is 23.4. The Balaban J connectivity index is 3.81. The standard InChI is InChI=1S/C29H54O4/c1-3-5-7-9-11-13-15-17-19-21-23-25-33-29(32)27(26-28(30)31)24-22-20-18-16-14-12-10-8-6-4-2/h22,24,27H,3-21,23,25-26H2,1-2H3,(H,30,31)/b24-22+. The Morgan fingerprint density at radius 1 is 0.667 bits per heavy atom. The van der Waals surface area contributed by atoms with Crippen LogP contribution in [0.25, 0.3) is 0 Å². The fraction of sp³-hybridized carbons (Fsp3) is 0.862. The number of carboxylic acid groups (broad SMARTS) is 1. The van der Waals surface area contributed by atoms with E-state index in [1.165, 1.54) is 103 Å². The number of allylic oxidation sites excluding steroid dienone is 1. The minimum atomic E-state index is -0.955. The second kappa shape index (κ2) is 25.3. The first kappa shape index (κ1) is 31.7. The molecule has 0 radical (unpaired) electrons. The minimum Gasteiger partial charge on any atom is -0.481 e. The van der Waals surface area contributed by atoms with Crippen molar-refractivity contribution in [2.45, 2.75) is 149 Å². The number of esters is 1. The fourth-order valence-corrected chi connectivity index (χ4v) is 4.12. The van der Waals surface area contributed by atoms with Crippen LogP contribution in [0.4, 0.5) is 0 Å². The molecule has 0 aliphatic carbocycles. The van der Waals surface area contributed by atoms with Crippen molar-refractivity contribution in [3.63, 3.8) is 0 Å². The fourth-order valence-electron chi connectivity index (χ4n) is 4.12. The van der Waals surface area contributed by atoms with Crippen molar-refractivity contribution in [1.82, 2.24) is 0 Å². The first-order valence-corrected chi connectivity index (χ1v) is 14.2. The molecule has 0 spiro atoms. The van der Waals surface area contributed by atoms with E-state index in [2.05, 4.69) is 13.8 Å².